The van der Waals surface area contributed by atoms with Gasteiger partial charge < -0.3 is 0 Å². The van der Waals surface area contributed by atoms with Gasteiger partial charge in [-0.1, -0.05) is 18.2 Å². The van der Waals surface area contributed by atoms with Crippen molar-refractivity contribution in [2.24, 2.45) is 0 Å². The lowest BCUT2D eigenvalue weighted by atomic mass is 10.2. The van der Waals surface area contributed by atoms with Gasteiger partial charge in [0.1, 0.15) is 6.29 Å². The van der Waals surface area contributed by atoms with Crippen LogP contribution in [0.25, 0.3) is 6.08 Å². The number of sulfone groups is 1. The summed E-state index contributed by atoms with van der Waals surface area (Å²) in [5.74, 6) is 0. The normalized spacial score (nSPS) is 12.9. The Hall–Kier alpha value is -1.63. The molecule has 3 nitrogen and oxygen atoms in total. The molecule has 1 rings (SSSR count). The lowest BCUT2D eigenvalue weighted by molar-refractivity contribution is -0.104. The zero-order valence-corrected chi connectivity index (χ0v) is 9.12. The lowest BCUT2D eigenvalue weighted by Crippen LogP contribution is -2.23. The van der Waals surface area contributed by atoms with Crippen LogP contribution >= 0.6 is 0 Å². The van der Waals surface area contributed by atoms with E-state index in [0.717, 1.165) is 18.2 Å². The number of rotatable bonds is 3. The zero-order chi connectivity index (χ0) is 13.1. The van der Waals surface area contributed by atoms with Crippen LogP contribution < -0.4 is 0 Å². The van der Waals surface area contributed by atoms with E-state index in [4.69, 9.17) is 0 Å². The molecular formula is C10H7F3O3S. The number of allylic oxidation sites excluding steroid dienone is 1. The van der Waals surface area contributed by atoms with Crippen LogP contribution in [0.1, 0.15) is 5.56 Å². The third-order valence-electron chi connectivity index (χ3n) is 1.84. The highest BCUT2D eigenvalue weighted by Gasteiger charge is 2.46. The molecule has 0 aliphatic rings. The number of alkyl halides is 3. The van der Waals surface area contributed by atoms with Gasteiger partial charge in [0.15, 0.2) is 0 Å². The summed E-state index contributed by atoms with van der Waals surface area (Å²) in [6, 6.07) is 4.25. The van der Waals surface area contributed by atoms with E-state index in [1.165, 1.54) is 18.2 Å². The fraction of sp³-hybridized carbons (Fsp3) is 0.100. The van der Waals surface area contributed by atoms with Crippen LogP contribution in [0.4, 0.5) is 13.2 Å². The van der Waals surface area contributed by atoms with E-state index in [-0.39, 0.29) is 5.56 Å². The van der Waals surface area contributed by atoms with Crippen molar-refractivity contribution in [3.05, 3.63) is 35.9 Å². The van der Waals surface area contributed by atoms with Gasteiger partial charge in [-0.25, -0.2) is 8.42 Å². The molecule has 0 fully saturated rings. The molecule has 0 saturated heterocycles. The standard InChI is InChI=1S/C10H7F3O3S/c11-10(12,13)17(15,16)9-5-1-3-8(7-9)4-2-6-14/h1-7H/b4-2+. The van der Waals surface area contributed by atoms with Crippen LogP contribution in [-0.2, 0) is 14.6 Å². The lowest BCUT2D eigenvalue weighted by Gasteiger charge is -2.08. The van der Waals surface area contributed by atoms with E-state index in [2.05, 4.69) is 0 Å². The molecule has 0 aromatic heterocycles. The summed E-state index contributed by atoms with van der Waals surface area (Å²) >= 11 is 0. The maximum absolute atomic E-state index is 12.2. The molecule has 0 amide bonds. The van der Waals surface area contributed by atoms with Gasteiger partial charge in [0.25, 0.3) is 9.84 Å². The molecule has 1 aromatic rings. The van der Waals surface area contributed by atoms with Gasteiger partial charge >= 0.3 is 5.51 Å². The van der Waals surface area contributed by atoms with Gasteiger partial charge in [-0.05, 0) is 23.8 Å². The highest BCUT2D eigenvalue weighted by atomic mass is 32.2. The summed E-state index contributed by atoms with van der Waals surface area (Å²) in [7, 11) is -5.35. The van der Waals surface area contributed by atoms with Crippen molar-refractivity contribution in [2.45, 2.75) is 10.4 Å². The molecule has 0 aliphatic heterocycles. The van der Waals surface area contributed by atoms with Gasteiger partial charge in [0, 0.05) is 0 Å². The number of benzene rings is 1. The Morgan fingerprint density at radius 3 is 2.35 bits per heavy atom. The highest BCUT2D eigenvalue weighted by molar-refractivity contribution is 7.92. The minimum atomic E-state index is -5.35. The molecule has 0 radical (unpaired) electrons. The monoisotopic (exact) mass is 264 g/mol. The first kappa shape index (κ1) is 13.4. The Labute approximate surface area is 95.5 Å². The second-order valence-electron chi connectivity index (χ2n) is 3.02. The molecule has 7 heteroatoms. The summed E-state index contributed by atoms with van der Waals surface area (Å²) < 4.78 is 58.8. The van der Waals surface area contributed by atoms with Crippen molar-refractivity contribution in [1.82, 2.24) is 0 Å². The SMILES string of the molecule is O=C/C=C/c1cccc(S(=O)(=O)C(F)(F)F)c1. The molecule has 0 saturated carbocycles. The van der Waals surface area contributed by atoms with E-state index < -0.39 is 20.2 Å². The van der Waals surface area contributed by atoms with Gasteiger partial charge in [-0.15, -0.1) is 0 Å². The van der Waals surface area contributed by atoms with Crippen LogP contribution in [0.15, 0.2) is 35.2 Å². The first-order valence-corrected chi connectivity index (χ1v) is 5.80. The van der Waals surface area contributed by atoms with Crippen molar-refractivity contribution < 1.29 is 26.4 Å². The molecule has 0 N–H and O–H groups in total. The van der Waals surface area contributed by atoms with E-state index in [1.54, 1.807) is 0 Å². The van der Waals surface area contributed by atoms with Crippen LogP contribution in [0, 0.1) is 0 Å². The molecule has 1 aromatic carbocycles. The molecule has 0 heterocycles. The van der Waals surface area contributed by atoms with E-state index in [9.17, 15) is 26.4 Å². The summed E-state index contributed by atoms with van der Waals surface area (Å²) in [6.07, 6.45) is 2.70. The summed E-state index contributed by atoms with van der Waals surface area (Å²) in [5, 5.41) is 0. The van der Waals surface area contributed by atoms with E-state index in [0.29, 0.717) is 6.29 Å². The summed E-state index contributed by atoms with van der Waals surface area (Å²) in [4.78, 5) is 9.19. The predicted molar refractivity (Wildman–Crippen MR) is 54.8 cm³/mol. The Balaban J connectivity index is 3.26. The van der Waals surface area contributed by atoms with Gasteiger partial charge in [0.05, 0.1) is 4.90 Å². The third kappa shape index (κ3) is 2.94. The van der Waals surface area contributed by atoms with Crippen molar-refractivity contribution >= 4 is 22.2 Å². The van der Waals surface area contributed by atoms with Crippen LogP contribution in [0.5, 0.6) is 0 Å². The average Bonchev–Trinajstić information content (AvgIpc) is 2.25. The summed E-state index contributed by atoms with van der Waals surface area (Å²) in [6.45, 7) is 0. The smallest absolute Gasteiger partial charge is 0.299 e. The number of aldehydes is 1. The molecule has 0 unspecified atom stereocenters. The molecule has 0 bridgehead atoms. The Kier molecular flexibility index (Phi) is 3.72. The number of carbonyl (C=O) groups is 1. The Morgan fingerprint density at radius 1 is 1.18 bits per heavy atom. The van der Waals surface area contributed by atoms with Crippen LogP contribution in [0.3, 0.4) is 0 Å². The largest absolute Gasteiger partial charge is 0.501 e. The predicted octanol–water partition coefficient (Wildman–Crippen LogP) is 2.19. The second kappa shape index (κ2) is 4.70. The van der Waals surface area contributed by atoms with Gasteiger partial charge in [-0.3, -0.25) is 4.79 Å². The minimum absolute atomic E-state index is 0.197. The zero-order valence-electron chi connectivity index (χ0n) is 8.31. The molecule has 17 heavy (non-hydrogen) atoms. The molecular weight excluding hydrogens is 257 g/mol. The first-order chi connectivity index (χ1) is 7.79. The quantitative estimate of drug-likeness (QED) is 0.621. The molecule has 0 atom stereocenters. The van der Waals surface area contributed by atoms with Gasteiger partial charge in [0.2, 0.25) is 0 Å². The summed E-state index contributed by atoms with van der Waals surface area (Å²) in [5.41, 5.74) is -5.14. The topological polar surface area (TPSA) is 51.2 Å². The molecule has 92 valence electrons. The maximum Gasteiger partial charge on any atom is 0.501 e. The molecule has 0 aliphatic carbocycles. The van der Waals surface area contributed by atoms with Crippen LogP contribution in [0.2, 0.25) is 0 Å². The third-order valence-corrected chi connectivity index (χ3v) is 3.32. The minimum Gasteiger partial charge on any atom is -0.299 e. The second-order valence-corrected chi connectivity index (χ2v) is 4.96. The van der Waals surface area contributed by atoms with Crippen molar-refractivity contribution in [3.8, 4) is 0 Å². The number of hydrogen-bond acceptors (Lipinski definition) is 3. The number of hydrogen-bond donors (Lipinski definition) is 0. The van der Waals surface area contributed by atoms with E-state index in [1.807, 2.05) is 0 Å². The van der Waals surface area contributed by atoms with E-state index >= 15 is 0 Å². The fourth-order valence-electron chi connectivity index (χ4n) is 1.07. The molecule has 0 spiro atoms. The van der Waals surface area contributed by atoms with Gasteiger partial charge in [-0.2, -0.15) is 13.2 Å². The maximum atomic E-state index is 12.2. The first-order valence-electron chi connectivity index (χ1n) is 4.32. The Morgan fingerprint density at radius 2 is 1.82 bits per heavy atom. The fourth-order valence-corrected chi connectivity index (χ4v) is 1.89. The Bertz CT molecular complexity index is 544. The highest BCUT2D eigenvalue weighted by Crippen LogP contribution is 2.30. The number of halogens is 3. The van der Waals surface area contributed by atoms with Crippen molar-refractivity contribution in [3.63, 3.8) is 0 Å². The van der Waals surface area contributed by atoms with Crippen LogP contribution in [-0.4, -0.2) is 20.2 Å². The number of carbonyl (C=O) groups excluding carboxylic acids is 1. The average molecular weight is 264 g/mol. The van der Waals surface area contributed by atoms with Crippen molar-refractivity contribution in [2.75, 3.05) is 0 Å². The van der Waals surface area contributed by atoms with Crippen molar-refractivity contribution in [1.29, 1.82) is 0 Å².